The Bertz CT molecular complexity index is 1320. The van der Waals surface area contributed by atoms with Gasteiger partial charge in [-0.2, -0.15) is 0 Å². The van der Waals surface area contributed by atoms with Gasteiger partial charge in [0, 0.05) is 23.1 Å². The van der Waals surface area contributed by atoms with Crippen LogP contribution in [-0.4, -0.2) is 15.7 Å². The molecule has 0 unspecified atom stereocenters. The number of hydrogen-bond acceptors (Lipinski definition) is 4. The Morgan fingerprint density at radius 1 is 1.10 bits per heavy atom. The van der Waals surface area contributed by atoms with Crippen LogP contribution in [0.4, 0.5) is 0 Å². The van der Waals surface area contributed by atoms with E-state index in [0.29, 0.717) is 6.54 Å². The minimum absolute atomic E-state index is 0.0465. The van der Waals surface area contributed by atoms with Crippen molar-refractivity contribution in [2.45, 2.75) is 32.9 Å². The lowest BCUT2D eigenvalue weighted by molar-refractivity contribution is 0.242. The van der Waals surface area contributed by atoms with E-state index >= 15 is 0 Å². The summed E-state index contributed by atoms with van der Waals surface area (Å²) >= 11 is 1.53. The van der Waals surface area contributed by atoms with Gasteiger partial charge in [-0.25, -0.2) is 4.98 Å². The highest BCUT2D eigenvalue weighted by atomic mass is 32.1. The monoisotopic (exact) mass is 414 g/mol. The van der Waals surface area contributed by atoms with Crippen molar-refractivity contribution < 1.29 is 4.74 Å². The molecule has 0 spiro atoms. The second-order valence-electron chi connectivity index (χ2n) is 7.71. The van der Waals surface area contributed by atoms with Crippen LogP contribution in [0.25, 0.3) is 33.0 Å². The van der Waals surface area contributed by atoms with E-state index in [1.165, 1.54) is 11.3 Å². The van der Waals surface area contributed by atoms with Crippen LogP contribution in [0.1, 0.15) is 31.7 Å². The molecule has 1 aliphatic rings. The van der Waals surface area contributed by atoms with Gasteiger partial charge in [-0.15, -0.1) is 11.3 Å². The van der Waals surface area contributed by atoms with Crippen LogP contribution < -0.4 is 10.3 Å². The van der Waals surface area contributed by atoms with Crippen molar-refractivity contribution in [2.24, 2.45) is 0 Å². The van der Waals surface area contributed by atoms with Crippen molar-refractivity contribution in [1.82, 2.24) is 9.55 Å². The maximum Gasteiger partial charge on any atom is 0.263 e. The van der Waals surface area contributed by atoms with Crippen LogP contribution in [0.5, 0.6) is 5.75 Å². The number of rotatable bonds is 4. The van der Waals surface area contributed by atoms with Crippen molar-refractivity contribution in [3.05, 3.63) is 81.7 Å². The molecule has 0 bridgehead atoms. The number of aromatic nitrogens is 2. The second-order valence-corrected chi connectivity index (χ2v) is 8.57. The maximum atomic E-state index is 13.4. The predicted molar refractivity (Wildman–Crippen MR) is 124 cm³/mol. The third kappa shape index (κ3) is 3.25. The van der Waals surface area contributed by atoms with Gasteiger partial charge in [0.2, 0.25) is 0 Å². The van der Waals surface area contributed by atoms with Crippen molar-refractivity contribution in [3.8, 4) is 16.9 Å². The largest absolute Gasteiger partial charge is 0.490 e. The molecule has 5 rings (SSSR count). The summed E-state index contributed by atoms with van der Waals surface area (Å²) in [5.41, 5.74) is 4.15. The number of benzene rings is 2. The lowest BCUT2D eigenvalue weighted by Gasteiger charge is -2.12. The van der Waals surface area contributed by atoms with E-state index in [1.807, 2.05) is 78.4 Å². The second kappa shape index (κ2) is 7.58. The van der Waals surface area contributed by atoms with Gasteiger partial charge in [0.25, 0.3) is 5.56 Å². The highest BCUT2D eigenvalue weighted by Gasteiger charge is 2.23. The smallest absolute Gasteiger partial charge is 0.263 e. The zero-order chi connectivity index (χ0) is 20.7. The first-order chi connectivity index (χ1) is 14.6. The SMILES string of the molecule is CC(C)Oc1ccccc1/C=C1\CCn2c1nc1scc(-c3ccccc3)c1c2=O. The Balaban J connectivity index is 1.63. The van der Waals surface area contributed by atoms with E-state index in [0.717, 1.165) is 50.5 Å². The Morgan fingerprint density at radius 3 is 2.67 bits per heavy atom. The molecule has 0 saturated carbocycles. The summed E-state index contributed by atoms with van der Waals surface area (Å²) < 4.78 is 7.78. The quantitative estimate of drug-likeness (QED) is 0.420. The zero-order valence-electron chi connectivity index (χ0n) is 17.0. The van der Waals surface area contributed by atoms with E-state index in [4.69, 9.17) is 9.72 Å². The standard InChI is InChI=1S/C25H22N2O2S/c1-16(2)29-21-11-7-6-10-18(21)14-19-12-13-27-23(19)26-24-22(25(27)28)20(15-30-24)17-8-4-3-5-9-17/h3-11,14-16H,12-13H2,1-2H3/b19-14+. The van der Waals surface area contributed by atoms with Crippen LogP contribution in [0.15, 0.2) is 64.8 Å². The van der Waals surface area contributed by atoms with Crippen molar-refractivity contribution in [3.63, 3.8) is 0 Å². The van der Waals surface area contributed by atoms with Crippen LogP contribution in [0.2, 0.25) is 0 Å². The first kappa shape index (κ1) is 18.8. The molecule has 0 aliphatic carbocycles. The van der Waals surface area contributed by atoms with Crippen LogP contribution >= 0.6 is 11.3 Å². The third-order valence-electron chi connectivity index (χ3n) is 5.28. The molecule has 4 nitrogen and oxygen atoms in total. The topological polar surface area (TPSA) is 44.1 Å². The van der Waals surface area contributed by atoms with Crippen LogP contribution in [0.3, 0.4) is 0 Å². The summed E-state index contributed by atoms with van der Waals surface area (Å²) in [6.45, 7) is 4.70. The molecule has 2 aromatic heterocycles. The Morgan fingerprint density at radius 2 is 1.87 bits per heavy atom. The zero-order valence-corrected chi connectivity index (χ0v) is 17.8. The molecular weight excluding hydrogens is 392 g/mol. The predicted octanol–water partition coefficient (Wildman–Crippen LogP) is 5.86. The number of fused-ring (bicyclic) bond motifs is 2. The Hall–Kier alpha value is -3.18. The number of allylic oxidation sites excluding steroid dienone is 1. The fourth-order valence-corrected chi connectivity index (χ4v) is 4.87. The molecular formula is C25H22N2O2S. The minimum atomic E-state index is 0.0465. The average molecular weight is 415 g/mol. The van der Waals surface area contributed by atoms with E-state index < -0.39 is 0 Å². The Kier molecular flexibility index (Phi) is 4.75. The molecule has 30 heavy (non-hydrogen) atoms. The first-order valence-electron chi connectivity index (χ1n) is 10.2. The minimum Gasteiger partial charge on any atom is -0.490 e. The molecule has 0 N–H and O–H groups in total. The summed E-state index contributed by atoms with van der Waals surface area (Å²) in [5.74, 6) is 1.62. The fourth-order valence-electron chi connectivity index (χ4n) is 3.94. The van der Waals surface area contributed by atoms with E-state index in [-0.39, 0.29) is 11.7 Å². The normalized spacial score (nSPS) is 14.6. The molecule has 0 radical (unpaired) electrons. The first-order valence-corrected chi connectivity index (χ1v) is 11.0. The van der Waals surface area contributed by atoms with Gasteiger partial charge < -0.3 is 4.74 Å². The average Bonchev–Trinajstić information content (AvgIpc) is 3.35. The molecule has 0 atom stereocenters. The fraction of sp³-hybridized carbons (Fsp3) is 0.200. The van der Waals surface area contributed by atoms with Crippen LogP contribution in [-0.2, 0) is 6.54 Å². The Labute approximate surface area is 179 Å². The van der Waals surface area contributed by atoms with E-state index in [9.17, 15) is 4.79 Å². The molecule has 5 heteroatoms. The van der Waals surface area contributed by atoms with Gasteiger partial charge in [0.05, 0.1) is 11.5 Å². The molecule has 2 aromatic carbocycles. The van der Waals surface area contributed by atoms with E-state index in [2.05, 4.69) is 6.08 Å². The van der Waals surface area contributed by atoms with Crippen molar-refractivity contribution in [2.75, 3.05) is 0 Å². The number of ether oxygens (including phenoxy) is 1. The molecule has 0 fully saturated rings. The van der Waals surface area contributed by atoms with Crippen molar-refractivity contribution >= 4 is 33.2 Å². The van der Waals surface area contributed by atoms with Gasteiger partial charge in [0.1, 0.15) is 16.4 Å². The summed E-state index contributed by atoms with van der Waals surface area (Å²) in [5, 5.41) is 2.76. The van der Waals surface area contributed by atoms with Gasteiger partial charge in [0.15, 0.2) is 0 Å². The van der Waals surface area contributed by atoms with Gasteiger partial charge in [-0.3, -0.25) is 9.36 Å². The summed E-state index contributed by atoms with van der Waals surface area (Å²) in [6.07, 6.45) is 3.00. The lowest BCUT2D eigenvalue weighted by Crippen LogP contribution is -2.20. The maximum absolute atomic E-state index is 13.4. The number of nitrogens with zero attached hydrogens (tertiary/aromatic N) is 2. The van der Waals surface area contributed by atoms with E-state index in [1.54, 1.807) is 0 Å². The number of thiophene rings is 1. The van der Waals surface area contributed by atoms with Gasteiger partial charge in [-0.05, 0) is 43.5 Å². The summed E-state index contributed by atoms with van der Waals surface area (Å²) in [6, 6.07) is 18.1. The number of para-hydroxylation sites is 1. The van der Waals surface area contributed by atoms with Gasteiger partial charge >= 0.3 is 0 Å². The van der Waals surface area contributed by atoms with Crippen LogP contribution in [0, 0.1) is 0 Å². The molecule has 0 amide bonds. The number of hydrogen-bond donors (Lipinski definition) is 0. The lowest BCUT2D eigenvalue weighted by atomic mass is 10.1. The third-order valence-corrected chi connectivity index (χ3v) is 6.15. The summed E-state index contributed by atoms with van der Waals surface area (Å²) in [4.78, 5) is 19.1. The highest BCUT2D eigenvalue weighted by Crippen LogP contribution is 2.35. The molecule has 150 valence electrons. The highest BCUT2D eigenvalue weighted by molar-refractivity contribution is 7.17. The molecule has 3 heterocycles. The van der Waals surface area contributed by atoms with Crippen molar-refractivity contribution in [1.29, 1.82) is 0 Å². The molecule has 4 aromatic rings. The summed E-state index contributed by atoms with van der Waals surface area (Å²) in [7, 11) is 0. The molecule has 0 saturated heterocycles. The van der Waals surface area contributed by atoms with Gasteiger partial charge in [-0.1, -0.05) is 48.5 Å². The molecule has 1 aliphatic heterocycles.